The Balaban J connectivity index is 0. The molecule has 3 nitrogen and oxygen atoms in total. The summed E-state index contributed by atoms with van der Waals surface area (Å²) < 4.78 is 21.9. The van der Waals surface area contributed by atoms with E-state index in [1.807, 2.05) is 0 Å². The van der Waals surface area contributed by atoms with Crippen molar-refractivity contribution in [1.29, 1.82) is 0 Å². The minimum absolute atomic E-state index is 0. The van der Waals surface area contributed by atoms with E-state index < -0.39 is 15.1 Å². The normalized spacial score (nSPS) is 5.40. The van der Waals surface area contributed by atoms with Crippen LogP contribution in [-0.4, -0.2) is 27.6 Å². The topological polar surface area (TPSA) is 60.7 Å². The fourth-order valence-electron chi connectivity index (χ4n) is 0. The molecule has 3 N–H and O–H groups in total. The number of rotatable bonds is 0. The third-order valence-electron chi connectivity index (χ3n) is 0. The van der Waals surface area contributed by atoms with Crippen LogP contribution in [0.15, 0.2) is 0 Å². The van der Waals surface area contributed by atoms with Gasteiger partial charge in [-0.1, -0.05) is 0 Å². The summed E-state index contributed by atoms with van der Waals surface area (Å²) in [6.45, 7) is 0. The first-order valence-electron chi connectivity index (χ1n) is 0.775. The van der Waals surface area contributed by atoms with E-state index in [1.54, 1.807) is 0 Å². The lowest BCUT2D eigenvalue weighted by molar-refractivity contribution is 0.278. The Kier molecular flexibility index (Phi) is 8.65. The SMILES string of the molecule is Cl.[OH][Al]([OH])[OH]. The van der Waals surface area contributed by atoms with Gasteiger partial charge in [-0.3, -0.25) is 0 Å². The summed E-state index contributed by atoms with van der Waals surface area (Å²) in [6, 6.07) is 0. The summed E-state index contributed by atoms with van der Waals surface area (Å²) in [4.78, 5) is 0. The van der Waals surface area contributed by atoms with E-state index in [9.17, 15) is 0 Å². The highest BCUT2D eigenvalue weighted by Gasteiger charge is 2.08. The van der Waals surface area contributed by atoms with Crippen molar-refractivity contribution in [3.8, 4) is 0 Å². The van der Waals surface area contributed by atoms with Gasteiger partial charge in [-0.05, 0) is 0 Å². The predicted octanol–water partition coefficient (Wildman–Crippen LogP) is -1.63. The lowest BCUT2D eigenvalue weighted by Gasteiger charge is -1.65. The van der Waals surface area contributed by atoms with E-state index in [-0.39, 0.29) is 12.4 Å². The second kappa shape index (κ2) is 4.70. The molecule has 0 aliphatic heterocycles. The summed E-state index contributed by atoms with van der Waals surface area (Å²) in [6.07, 6.45) is 0. The highest BCUT2D eigenvalue weighted by molar-refractivity contribution is 6.30. The Morgan fingerprint density at radius 1 is 1.00 bits per heavy atom. The van der Waals surface area contributed by atoms with Crippen LogP contribution in [0.25, 0.3) is 0 Å². The molecule has 0 saturated heterocycles. The predicted molar refractivity (Wildman–Crippen MR) is 19.7 cm³/mol. The average molecular weight is 114 g/mol. The molecule has 0 fully saturated rings. The largest absolute Gasteiger partial charge is 0.897 e. The van der Waals surface area contributed by atoms with E-state index in [0.717, 1.165) is 0 Å². The number of hydrogen-bond donors (Lipinski definition) is 3. The van der Waals surface area contributed by atoms with Crippen LogP contribution in [0.5, 0.6) is 0 Å². The first-order chi connectivity index (χ1) is 1.73. The van der Waals surface area contributed by atoms with E-state index in [1.165, 1.54) is 0 Å². The van der Waals surface area contributed by atoms with Crippen molar-refractivity contribution < 1.29 is 12.5 Å². The van der Waals surface area contributed by atoms with Gasteiger partial charge in [0.25, 0.3) is 0 Å². The van der Waals surface area contributed by atoms with E-state index >= 15 is 0 Å². The standard InChI is InChI=1S/Al.ClH.3H2O/h;1H;3*1H2/q+3;;;;/p-3. The van der Waals surface area contributed by atoms with E-state index in [0.29, 0.717) is 0 Å². The number of halogens is 1. The minimum Gasteiger partial charge on any atom is -0.469 e. The molecule has 0 aromatic heterocycles. The van der Waals surface area contributed by atoms with Crippen LogP contribution in [-0.2, 0) is 0 Å². The first-order valence-corrected chi connectivity index (χ1v) is 2.32. The van der Waals surface area contributed by atoms with Crippen LogP contribution >= 0.6 is 12.4 Å². The molecular weight excluding hydrogens is 110 g/mol. The molecule has 0 aliphatic carbocycles. The van der Waals surface area contributed by atoms with Gasteiger partial charge in [0.05, 0.1) is 0 Å². The van der Waals surface area contributed by atoms with Crippen LogP contribution in [0.2, 0.25) is 0 Å². The maximum absolute atomic E-state index is 7.31. The lowest BCUT2D eigenvalue weighted by Crippen LogP contribution is -2.07. The molecular formula is H4AlClO3. The second-order valence-corrected chi connectivity index (χ2v) is 1.04. The van der Waals surface area contributed by atoms with Crippen LogP contribution in [0.1, 0.15) is 0 Å². The molecule has 0 spiro atoms. The van der Waals surface area contributed by atoms with E-state index in [4.69, 9.17) is 12.5 Å². The molecule has 0 heterocycles. The number of hydrogen-bond acceptors (Lipinski definition) is 3. The zero-order chi connectivity index (χ0) is 3.58. The lowest BCUT2D eigenvalue weighted by atomic mass is 15.7. The average Bonchev–Trinajstić information content (AvgIpc) is 0.811. The molecule has 0 unspecified atom stereocenters. The van der Waals surface area contributed by atoms with Crippen LogP contribution in [0.4, 0.5) is 0 Å². The van der Waals surface area contributed by atoms with Crippen LogP contribution < -0.4 is 0 Å². The molecule has 0 bridgehead atoms. The van der Waals surface area contributed by atoms with Crippen molar-refractivity contribution in [2.75, 3.05) is 0 Å². The van der Waals surface area contributed by atoms with E-state index in [2.05, 4.69) is 0 Å². The summed E-state index contributed by atoms with van der Waals surface area (Å²) in [5.74, 6) is 0. The summed E-state index contributed by atoms with van der Waals surface area (Å²) in [5.41, 5.74) is 0. The second-order valence-electron chi connectivity index (χ2n) is 0.346. The third-order valence-corrected chi connectivity index (χ3v) is 0. The van der Waals surface area contributed by atoms with Crippen molar-refractivity contribution in [3.05, 3.63) is 0 Å². The Hall–Kier alpha value is 0.702. The van der Waals surface area contributed by atoms with Crippen molar-refractivity contribution in [1.82, 2.24) is 0 Å². The highest BCUT2D eigenvalue weighted by atomic mass is 35.5. The van der Waals surface area contributed by atoms with Crippen molar-refractivity contribution in [2.24, 2.45) is 0 Å². The molecule has 0 saturated carbocycles. The molecule has 0 aromatic carbocycles. The smallest absolute Gasteiger partial charge is 0.469 e. The zero-order valence-corrected chi connectivity index (χ0v) is 4.30. The van der Waals surface area contributed by atoms with Crippen molar-refractivity contribution >= 4 is 27.6 Å². The summed E-state index contributed by atoms with van der Waals surface area (Å²) in [5, 5.41) is 0. The fourth-order valence-corrected chi connectivity index (χ4v) is 0. The van der Waals surface area contributed by atoms with Gasteiger partial charge in [-0.15, -0.1) is 12.4 Å². The molecule has 5 heavy (non-hydrogen) atoms. The fraction of sp³-hybridized carbons (Fsp3) is 0. The minimum atomic E-state index is -3.14. The van der Waals surface area contributed by atoms with Gasteiger partial charge in [-0.2, -0.15) is 0 Å². The maximum atomic E-state index is 7.31. The van der Waals surface area contributed by atoms with Crippen LogP contribution in [0.3, 0.4) is 0 Å². The van der Waals surface area contributed by atoms with Gasteiger partial charge in [0.2, 0.25) is 0 Å². The molecule has 5 heteroatoms. The monoisotopic (exact) mass is 114 g/mol. The van der Waals surface area contributed by atoms with Gasteiger partial charge in [0, 0.05) is 0 Å². The van der Waals surface area contributed by atoms with Crippen molar-refractivity contribution in [2.45, 2.75) is 0 Å². The summed E-state index contributed by atoms with van der Waals surface area (Å²) >= 11 is -3.14. The van der Waals surface area contributed by atoms with Gasteiger partial charge in [0.15, 0.2) is 0 Å². The maximum Gasteiger partial charge on any atom is 0.897 e. The van der Waals surface area contributed by atoms with Crippen molar-refractivity contribution in [3.63, 3.8) is 0 Å². The van der Waals surface area contributed by atoms with Gasteiger partial charge >= 0.3 is 15.1 Å². The molecule has 0 radical (unpaired) electrons. The van der Waals surface area contributed by atoms with Gasteiger partial charge in [-0.25, -0.2) is 0 Å². The zero-order valence-electron chi connectivity index (χ0n) is 2.33. The molecule has 0 aromatic rings. The van der Waals surface area contributed by atoms with Gasteiger partial charge in [0.1, 0.15) is 0 Å². The quantitative estimate of drug-likeness (QED) is 0.332. The summed E-state index contributed by atoms with van der Waals surface area (Å²) in [7, 11) is 0. The molecule has 0 rings (SSSR count). The third kappa shape index (κ3) is 69.6. The molecule has 0 aliphatic rings. The molecule has 0 atom stereocenters. The van der Waals surface area contributed by atoms with Gasteiger partial charge < -0.3 is 12.5 Å². The molecule has 32 valence electrons. The first kappa shape index (κ1) is 9.20. The Bertz CT molecular complexity index is 11.6. The molecule has 0 amide bonds. The Morgan fingerprint density at radius 3 is 1.00 bits per heavy atom. The van der Waals surface area contributed by atoms with Crippen LogP contribution in [0, 0.1) is 0 Å². The Morgan fingerprint density at radius 2 is 1.00 bits per heavy atom. The Labute approximate surface area is 40.7 Å². The highest BCUT2D eigenvalue weighted by Crippen LogP contribution is 1.40.